The predicted molar refractivity (Wildman–Crippen MR) is 103 cm³/mol. The Kier molecular flexibility index (Phi) is 13.0. The van der Waals surface area contributed by atoms with Gasteiger partial charge in [-0.05, 0) is 56.6 Å². The Balaban J connectivity index is 0. The number of hydrogen-bond donors (Lipinski definition) is 2. The van der Waals surface area contributed by atoms with Crippen LogP contribution < -0.4 is 11.1 Å². The van der Waals surface area contributed by atoms with Crippen molar-refractivity contribution >= 4 is 48.2 Å². The van der Waals surface area contributed by atoms with Crippen molar-refractivity contribution in [3.8, 4) is 0 Å². The molecule has 1 amide bonds. The molecule has 4 nitrogen and oxygen atoms in total. The molecule has 0 bridgehead atoms. The van der Waals surface area contributed by atoms with E-state index < -0.39 is 6.04 Å². The fraction of sp³-hybridized carbons (Fsp3) is 0.533. The third-order valence-electron chi connectivity index (χ3n) is 3.03. The lowest BCUT2D eigenvalue weighted by atomic mass is 10.1. The number of nitrogens with one attached hydrogen (secondary N) is 1. The van der Waals surface area contributed by atoms with Crippen molar-refractivity contribution < 1.29 is 4.79 Å². The van der Waals surface area contributed by atoms with E-state index in [1.54, 1.807) is 11.8 Å². The lowest BCUT2D eigenvalue weighted by Crippen LogP contribution is -2.36. The van der Waals surface area contributed by atoms with Gasteiger partial charge in [-0.2, -0.15) is 11.8 Å². The average molecular weight is 368 g/mol. The van der Waals surface area contributed by atoms with Crippen LogP contribution >= 0.6 is 36.6 Å². The Morgan fingerprint density at radius 1 is 1.36 bits per heavy atom. The summed E-state index contributed by atoms with van der Waals surface area (Å²) in [4.78, 5) is 14.1. The molecule has 0 heterocycles. The zero-order chi connectivity index (χ0) is 15.1. The first-order valence-corrected chi connectivity index (χ1v) is 8.13. The molecule has 0 saturated heterocycles. The summed E-state index contributed by atoms with van der Waals surface area (Å²) in [5.41, 5.74) is 8.97. The normalized spacial score (nSPS) is 11.4. The second-order valence-corrected chi connectivity index (χ2v) is 6.25. The van der Waals surface area contributed by atoms with E-state index >= 15 is 0 Å². The molecular formula is C15H27Cl2N3OS. The molecule has 0 aromatic heterocycles. The number of thioether (sulfide) groups is 1. The number of carbonyl (C=O) groups excluding carboxylic acids is 1. The molecule has 1 aromatic carbocycles. The zero-order valence-electron chi connectivity index (χ0n) is 13.6. The summed E-state index contributed by atoms with van der Waals surface area (Å²) < 4.78 is 0. The van der Waals surface area contributed by atoms with Crippen LogP contribution in [0.15, 0.2) is 18.2 Å². The first-order valence-electron chi connectivity index (χ1n) is 6.73. The number of carbonyl (C=O) groups is 1. The minimum atomic E-state index is -0.445. The maximum Gasteiger partial charge on any atom is 0.241 e. The van der Waals surface area contributed by atoms with Gasteiger partial charge >= 0.3 is 0 Å². The number of aryl methyl sites for hydroxylation is 1. The molecular weight excluding hydrogens is 341 g/mol. The number of rotatable bonds is 7. The minimum Gasteiger partial charge on any atom is -0.324 e. The van der Waals surface area contributed by atoms with Crippen molar-refractivity contribution in [2.24, 2.45) is 5.73 Å². The molecule has 1 atom stereocenters. The summed E-state index contributed by atoms with van der Waals surface area (Å²) in [5.74, 6) is 0.790. The van der Waals surface area contributed by atoms with Gasteiger partial charge in [0, 0.05) is 12.2 Å². The number of benzene rings is 1. The van der Waals surface area contributed by atoms with E-state index in [-0.39, 0.29) is 30.7 Å². The molecule has 3 N–H and O–H groups in total. The quantitative estimate of drug-likeness (QED) is 0.777. The van der Waals surface area contributed by atoms with Crippen molar-refractivity contribution in [1.29, 1.82) is 0 Å². The smallest absolute Gasteiger partial charge is 0.241 e. The molecule has 0 aliphatic carbocycles. The van der Waals surface area contributed by atoms with Crippen LogP contribution in [-0.4, -0.2) is 43.0 Å². The SMILES string of the molecule is CSCC[C@H](N)C(=O)Nc1cc(CN(C)C)ccc1C.Cl.Cl. The summed E-state index contributed by atoms with van der Waals surface area (Å²) >= 11 is 1.70. The molecule has 0 spiro atoms. The highest BCUT2D eigenvalue weighted by Gasteiger charge is 2.14. The zero-order valence-corrected chi connectivity index (χ0v) is 16.0. The third kappa shape index (κ3) is 8.25. The lowest BCUT2D eigenvalue weighted by molar-refractivity contribution is -0.117. The third-order valence-corrected chi connectivity index (χ3v) is 3.67. The molecule has 0 aliphatic heterocycles. The van der Waals surface area contributed by atoms with Crippen LogP contribution in [0.2, 0.25) is 0 Å². The Bertz CT molecular complexity index is 458. The van der Waals surface area contributed by atoms with Gasteiger partial charge in [0.25, 0.3) is 0 Å². The molecule has 1 aromatic rings. The van der Waals surface area contributed by atoms with E-state index in [0.29, 0.717) is 6.42 Å². The minimum absolute atomic E-state index is 0. The van der Waals surface area contributed by atoms with E-state index in [1.807, 2.05) is 39.4 Å². The van der Waals surface area contributed by atoms with E-state index in [0.717, 1.165) is 23.5 Å². The highest BCUT2D eigenvalue weighted by Crippen LogP contribution is 2.18. The highest BCUT2D eigenvalue weighted by atomic mass is 35.5. The number of anilines is 1. The van der Waals surface area contributed by atoms with Crippen LogP contribution in [0, 0.1) is 6.92 Å². The topological polar surface area (TPSA) is 58.4 Å². The Morgan fingerprint density at radius 3 is 2.55 bits per heavy atom. The van der Waals surface area contributed by atoms with Gasteiger partial charge in [0.05, 0.1) is 6.04 Å². The van der Waals surface area contributed by atoms with Gasteiger partial charge in [-0.1, -0.05) is 12.1 Å². The second-order valence-electron chi connectivity index (χ2n) is 5.26. The largest absolute Gasteiger partial charge is 0.324 e. The molecule has 0 fully saturated rings. The predicted octanol–water partition coefficient (Wildman–Crippen LogP) is 2.92. The van der Waals surface area contributed by atoms with E-state index in [2.05, 4.69) is 16.3 Å². The highest BCUT2D eigenvalue weighted by molar-refractivity contribution is 7.98. The van der Waals surface area contributed by atoms with E-state index in [4.69, 9.17) is 5.73 Å². The Morgan fingerprint density at radius 2 is 2.00 bits per heavy atom. The molecule has 0 unspecified atom stereocenters. The van der Waals surface area contributed by atoms with Crippen LogP contribution in [-0.2, 0) is 11.3 Å². The summed E-state index contributed by atoms with van der Waals surface area (Å²) in [6.07, 6.45) is 2.71. The van der Waals surface area contributed by atoms with Gasteiger partial charge in [0.15, 0.2) is 0 Å². The first-order chi connectivity index (χ1) is 9.43. The fourth-order valence-corrected chi connectivity index (χ4v) is 2.36. The van der Waals surface area contributed by atoms with E-state index in [9.17, 15) is 4.79 Å². The van der Waals surface area contributed by atoms with Gasteiger partial charge in [0.1, 0.15) is 0 Å². The first kappa shape index (κ1) is 23.8. The summed E-state index contributed by atoms with van der Waals surface area (Å²) in [6.45, 7) is 2.84. The van der Waals surface area contributed by atoms with Gasteiger partial charge in [0.2, 0.25) is 5.91 Å². The van der Waals surface area contributed by atoms with Gasteiger partial charge in [-0.3, -0.25) is 4.79 Å². The van der Waals surface area contributed by atoms with Crippen molar-refractivity contribution in [1.82, 2.24) is 4.90 Å². The van der Waals surface area contributed by atoms with Crippen LogP contribution in [0.1, 0.15) is 17.5 Å². The Labute approximate surface area is 150 Å². The number of halogens is 2. The summed E-state index contributed by atoms with van der Waals surface area (Å²) in [5, 5.41) is 2.94. The molecule has 7 heteroatoms. The van der Waals surface area contributed by atoms with Crippen LogP contribution in [0.5, 0.6) is 0 Å². The molecule has 22 heavy (non-hydrogen) atoms. The lowest BCUT2D eigenvalue weighted by Gasteiger charge is -2.16. The molecule has 128 valence electrons. The maximum atomic E-state index is 12.0. The number of nitrogens with two attached hydrogens (primary N) is 1. The summed E-state index contributed by atoms with van der Waals surface area (Å²) in [6, 6.07) is 5.69. The monoisotopic (exact) mass is 367 g/mol. The summed E-state index contributed by atoms with van der Waals surface area (Å²) in [7, 11) is 4.05. The molecule has 1 rings (SSSR count). The van der Waals surface area contributed by atoms with Crippen molar-refractivity contribution in [3.63, 3.8) is 0 Å². The fourth-order valence-electron chi connectivity index (χ4n) is 1.87. The number of nitrogens with zero attached hydrogens (tertiary/aromatic N) is 1. The van der Waals surface area contributed by atoms with Crippen LogP contribution in [0.25, 0.3) is 0 Å². The molecule has 0 radical (unpaired) electrons. The van der Waals surface area contributed by atoms with Crippen molar-refractivity contribution in [2.45, 2.75) is 25.9 Å². The Hall–Kier alpha value is -0.460. The second kappa shape index (κ2) is 12.0. The van der Waals surface area contributed by atoms with Gasteiger partial charge in [-0.15, -0.1) is 24.8 Å². The number of amides is 1. The van der Waals surface area contributed by atoms with Gasteiger partial charge in [-0.25, -0.2) is 0 Å². The van der Waals surface area contributed by atoms with Crippen molar-refractivity contribution in [2.75, 3.05) is 31.4 Å². The number of hydrogen-bond acceptors (Lipinski definition) is 4. The van der Waals surface area contributed by atoms with Gasteiger partial charge < -0.3 is 16.0 Å². The standard InChI is InChI=1S/C15H25N3OS.2ClH/c1-11-5-6-12(10-18(2)3)9-14(11)17-15(19)13(16)7-8-20-4;;/h5-6,9,13H,7-8,10,16H2,1-4H3,(H,17,19);2*1H/t13-;;/m0../s1. The molecule has 0 aliphatic rings. The van der Waals surface area contributed by atoms with Crippen LogP contribution in [0.3, 0.4) is 0 Å². The van der Waals surface area contributed by atoms with Crippen LogP contribution in [0.4, 0.5) is 5.69 Å². The average Bonchev–Trinajstić information content (AvgIpc) is 2.39. The maximum absolute atomic E-state index is 12.0. The molecule has 0 saturated carbocycles. The van der Waals surface area contributed by atoms with Crippen molar-refractivity contribution in [3.05, 3.63) is 29.3 Å². The van der Waals surface area contributed by atoms with E-state index in [1.165, 1.54) is 5.56 Å².